The van der Waals surface area contributed by atoms with Crippen LogP contribution in [0.2, 0.25) is 0 Å². The molecule has 1 aromatic heterocycles. The first-order chi connectivity index (χ1) is 13.2. The Hall–Kier alpha value is -3.15. The summed E-state index contributed by atoms with van der Waals surface area (Å²) < 4.78 is 10.8. The summed E-state index contributed by atoms with van der Waals surface area (Å²) in [6.45, 7) is 2.31. The summed E-state index contributed by atoms with van der Waals surface area (Å²) in [5.74, 6) is 1.47. The van der Waals surface area contributed by atoms with Gasteiger partial charge in [-0.1, -0.05) is 30.3 Å². The molecule has 0 aliphatic heterocycles. The maximum Gasteiger partial charge on any atom is 0.247 e. The third-order valence-corrected chi connectivity index (χ3v) is 4.33. The van der Waals surface area contributed by atoms with Gasteiger partial charge in [-0.05, 0) is 49.1 Å². The fraction of sp³-hybridized carbons (Fsp3) is 0.286. The van der Waals surface area contributed by atoms with E-state index < -0.39 is 0 Å². The monoisotopic (exact) mass is 365 g/mol. The fourth-order valence-electron chi connectivity index (χ4n) is 2.79. The van der Waals surface area contributed by atoms with Gasteiger partial charge in [0.2, 0.25) is 17.7 Å². The van der Waals surface area contributed by atoms with E-state index >= 15 is 0 Å². The Morgan fingerprint density at radius 3 is 2.81 bits per heavy atom. The smallest absolute Gasteiger partial charge is 0.247 e. The molecule has 27 heavy (non-hydrogen) atoms. The SMILES string of the molecule is COc1cccc(-c2nnc(CNC(=O)CCCc3ccccc3C)o2)c1. The number of carbonyl (C=O) groups is 1. The predicted molar refractivity (Wildman–Crippen MR) is 102 cm³/mol. The van der Waals surface area contributed by atoms with Crippen LogP contribution in [0.4, 0.5) is 0 Å². The molecule has 2 aromatic carbocycles. The highest BCUT2D eigenvalue weighted by Gasteiger charge is 2.10. The highest BCUT2D eigenvalue weighted by molar-refractivity contribution is 5.75. The summed E-state index contributed by atoms with van der Waals surface area (Å²) in [4.78, 5) is 12.0. The molecule has 0 aliphatic rings. The number of hydrogen-bond acceptors (Lipinski definition) is 5. The molecule has 6 nitrogen and oxygen atoms in total. The van der Waals surface area contributed by atoms with Crippen molar-refractivity contribution < 1.29 is 13.9 Å². The predicted octanol–water partition coefficient (Wildman–Crippen LogP) is 3.69. The summed E-state index contributed by atoms with van der Waals surface area (Å²) in [7, 11) is 1.60. The number of rotatable bonds is 8. The van der Waals surface area contributed by atoms with E-state index in [0.717, 1.165) is 18.4 Å². The minimum Gasteiger partial charge on any atom is -0.497 e. The summed E-state index contributed by atoms with van der Waals surface area (Å²) in [6.07, 6.45) is 2.15. The number of methoxy groups -OCH3 is 1. The van der Waals surface area contributed by atoms with Gasteiger partial charge in [-0.3, -0.25) is 4.79 Å². The third-order valence-electron chi connectivity index (χ3n) is 4.33. The lowest BCUT2D eigenvalue weighted by Crippen LogP contribution is -2.22. The van der Waals surface area contributed by atoms with Crippen LogP contribution in [-0.4, -0.2) is 23.2 Å². The Balaban J connectivity index is 1.46. The molecule has 0 fully saturated rings. The van der Waals surface area contributed by atoms with Crippen LogP contribution in [0.25, 0.3) is 11.5 Å². The van der Waals surface area contributed by atoms with Crippen molar-refractivity contribution in [3.8, 4) is 17.2 Å². The Labute approximate surface area is 158 Å². The second-order valence-electron chi connectivity index (χ2n) is 6.29. The molecule has 1 amide bonds. The van der Waals surface area contributed by atoms with E-state index in [9.17, 15) is 4.79 Å². The molecule has 0 saturated carbocycles. The molecule has 3 aromatic rings. The molecule has 6 heteroatoms. The van der Waals surface area contributed by atoms with Crippen molar-refractivity contribution in [2.24, 2.45) is 0 Å². The van der Waals surface area contributed by atoms with Gasteiger partial charge in [-0.25, -0.2) is 0 Å². The van der Waals surface area contributed by atoms with Gasteiger partial charge in [0.25, 0.3) is 0 Å². The second kappa shape index (κ2) is 8.98. The molecular weight excluding hydrogens is 342 g/mol. The van der Waals surface area contributed by atoms with Crippen LogP contribution in [0, 0.1) is 6.92 Å². The van der Waals surface area contributed by atoms with Crippen molar-refractivity contribution in [1.82, 2.24) is 15.5 Å². The van der Waals surface area contributed by atoms with Gasteiger partial charge in [0.05, 0.1) is 13.7 Å². The van der Waals surface area contributed by atoms with Gasteiger partial charge in [0.15, 0.2) is 0 Å². The van der Waals surface area contributed by atoms with Crippen LogP contribution in [-0.2, 0) is 17.8 Å². The highest BCUT2D eigenvalue weighted by atomic mass is 16.5. The second-order valence-corrected chi connectivity index (χ2v) is 6.29. The molecule has 3 rings (SSSR count). The molecule has 0 atom stereocenters. The van der Waals surface area contributed by atoms with E-state index in [1.54, 1.807) is 7.11 Å². The Bertz CT molecular complexity index is 905. The van der Waals surface area contributed by atoms with Crippen LogP contribution >= 0.6 is 0 Å². The summed E-state index contributed by atoms with van der Waals surface area (Å²) in [6, 6.07) is 15.6. The summed E-state index contributed by atoms with van der Waals surface area (Å²) in [5.41, 5.74) is 3.32. The lowest BCUT2D eigenvalue weighted by molar-refractivity contribution is -0.121. The minimum absolute atomic E-state index is 0.0234. The van der Waals surface area contributed by atoms with Crippen LogP contribution in [0.3, 0.4) is 0 Å². The Morgan fingerprint density at radius 2 is 2.00 bits per heavy atom. The molecule has 1 N–H and O–H groups in total. The van der Waals surface area contributed by atoms with E-state index in [1.165, 1.54) is 11.1 Å². The maximum atomic E-state index is 12.0. The molecule has 0 aliphatic carbocycles. The fourth-order valence-corrected chi connectivity index (χ4v) is 2.79. The van der Waals surface area contributed by atoms with Crippen molar-refractivity contribution >= 4 is 5.91 Å². The Kier molecular flexibility index (Phi) is 6.20. The van der Waals surface area contributed by atoms with E-state index in [1.807, 2.05) is 36.4 Å². The van der Waals surface area contributed by atoms with Crippen molar-refractivity contribution in [1.29, 1.82) is 0 Å². The molecule has 0 bridgehead atoms. The molecule has 1 heterocycles. The Morgan fingerprint density at radius 1 is 1.15 bits per heavy atom. The van der Waals surface area contributed by atoms with Gasteiger partial charge in [0.1, 0.15) is 5.75 Å². The van der Waals surface area contributed by atoms with Gasteiger partial charge >= 0.3 is 0 Å². The first-order valence-electron chi connectivity index (χ1n) is 8.93. The van der Waals surface area contributed by atoms with E-state index in [-0.39, 0.29) is 12.5 Å². The molecule has 0 radical (unpaired) electrons. The van der Waals surface area contributed by atoms with Gasteiger partial charge in [-0.15, -0.1) is 10.2 Å². The average molecular weight is 365 g/mol. The van der Waals surface area contributed by atoms with Gasteiger partial charge in [-0.2, -0.15) is 0 Å². The van der Waals surface area contributed by atoms with Crippen LogP contribution in [0.5, 0.6) is 5.75 Å². The highest BCUT2D eigenvalue weighted by Crippen LogP contribution is 2.22. The van der Waals surface area contributed by atoms with Crippen LogP contribution in [0.15, 0.2) is 52.9 Å². The maximum absolute atomic E-state index is 12.0. The number of ether oxygens (including phenoxy) is 1. The first-order valence-corrected chi connectivity index (χ1v) is 8.93. The van der Waals surface area contributed by atoms with E-state index in [4.69, 9.17) is 9.15 Å². The number of aryl methyl sites for hydroxylation is 2. The topological polar surface area (TPSA) is 77.3 Å². The minimum atomic E-state index is -0.0234. The zero-order valence-corrected chi connectivity index (χ0v) is 15.6. The van der Waals surface area contributed by atoms with E-state index in [0.29, 0.717) is 24.0 Å². The van der Waals surface area contributed by atoms with Crippen LogP contribution < -0.4 is 10.1 Å². The average Bonchev–Trinajstić information content (AvgIpc) is 3.17. The summed E-state index contributed by atoms with van der Waals surface area (Å²) in [5, 5.41) is 10.8. The van der Waals surface area contributed by atoms with Crippen molar-refractivity contribution in [3.05, 3.63) is 65.5 Å². The molecular formula is C21H23N3O3. The number of aromatic nitrogens is 2. The molecule has 140 valence electrons. The normalized spacial score (nSPS) is 10.6. The number of benzene rings is 2. The lowest BCUT2D eigenvalue weighted by atomic mass is 10.0. The van der Waals surface area contributed by atoms with Crippen LogP contribution in [0.1, 0.15) is 29.9 Å². The third kappa shape index (κ3) is 5.17. The molecule has 0 spiro atoms. The first kappa shape index (κ1) is 18.6. The zero-order valence-electron chi connectivity index (χ0n) is 15.6. The van der Waals surface area contributed by atoms with Gasteiger partial charge in [0, 0.05) is 12.0 Å². The standard InChI is InChI=1S/C21H23N3O3/c1-15-7-3-4-8-16(15)9-6-12-19(25)22-14-20-23-24-21(27-20)17-10-5-11-18(13-17)26-2/h3-5,7-8,10-11,13H,6,9,12,14H2,1-2H3,(H,22,25). The molecule has 0 unspecified atom stereocenters. The number of hydrogen-bond donors (Lipinski definition) is 1. The largest absolute Gasteiger partial charge is 0.497 e. The van der Waals surface area contributed by atoms with Crippen molar-refractivity contribution in [3.63, 3.8) is 0 Å². The number of carbonyl (C=O) groups excluding carboxylic acids is 1. The quantitative estimate of drug-likeness (QED) is 0.659. The molecule has 0 saturated heterocycles. The zero-order chi connectivity index (χ0) is 19.1. The number of amides is 1. The summed E-state index contributed by atoms with van der Waals surface area (Å²) >= 11 is 0. The number of nitrogens with zero attached hydrogens (tertiary/aromatic N) is 2. The van der Waals surface area contributed by atoms with E-state index in [2.05, 4.69) is 34.6 Å². The lowest BCUT2D eigenvalue weighted by Gasteiger charge is -2.05. The van der Waals surface area contributed by atoms with Crippen molar-refractivity contribution in [2.75, 3.05) is 7.11 Å². The number of nitrogens with one attached hydrogen (secondary N) is 1. The van der Waals surface area contributed by atoms with Crippen molar-refractivity contribution in [2.45, 2.75) is 32.7 Å². The van der Waals surface area contributed by atoms with Gasteiger partial charge < -0.3 is 14.5 Å².